The van der Waals surface area contributed by atoms with Gasteiger partial charge in [-0.3, -0.25) is 4.79 Å². The van der Waals surface area contributed by atoms with E-state index in [1.54, 1.807) is 0 Å². The Morgan fingerprint density at radius 1 is 1.23 bits per heavy atom. The van der Waals surface area contributed by atoms with Gasteiger partial charge in [0.25, 0.3) is 0 Å². The van der Waals surface area contributed by atoms with Crippen molar-refractivity contribution in [2.24, 2.45) is 5.92 Å². The number of amides is 1. The Morgan fingerprint density at radius 2 is 1.85 bits per heavy atom. The predicted octanol–water partition coefficient (Wildman–Crippen LogP) is 2.51. The average molecular weight is 370 g/mol. The Kier molecular flexibility index (Phi) is 5.63. The van der Waals surface area contributed by atoms with E-state index in [0.717, 1.165) is 23.0 Å². The third-order valence-corrected chi connectivity index (χ3v) is 3.64. The highest BCUT2D eigenvalue weighted by atomic mass is 19.4. The van der Waals surface area contributed by atoms with Crippen molar-refractivity contribution >= 4 is 11.9 Å². The van der Waals surface area contributed by atoms with Crippen molar-refractivity contribution < 1.29 is 27.9 Å². The minimum atomic E-state index is -4.43. The van der Waals surface area contributed by atoms with Gasteiger partial charge in [-0.05, 0) is 23.6 Å². The first kappa shape index (κ1) is 19.4. The van der Waals surface area contributed by atoms with Crippen molar-refractivity contribution in [3.63, 3.8) is 0 Å². The zero-order chi connectivity index (χ0) is 19.5. The van der Waals surface area contributed by atoms with Crippen LogP contribution in [-0.4, -0.2) is 32.0 Å². The van der Waals surface area contributed by atoms with E-state index in [2.05, 4.69) is 15.6 Å². The Hall–Kier alpha value is -2.91. The summed E-state index contributed by atoms with van der Waals surface area (Å²) in [6.07, 6.45) is -3.31. The third kappa shape index (κ3) is 4.80. The number of halogens is 3. The number of aromatic nitrogens is 3. The first-order valence-corrected chi connectivity index (χ1v) is 7.68. The lowest BCUT2D eigenvalue weighted by Gasteiger charge is -2.23. The van der Waals surface area contributed by atoms with Crippen LogP contribution in [0, 0.1) is 5.92 Å². The number of carboxylic acids is 1. The van der Waals surface area contributed by atoms with Crippen LogP contribution in [0.4, 0.5) is 13.2 Å². The number of rotatable bonds is 6. The van der Waals surface area contributed by atoms with Gasteiger partial charge < -0.3 is 10.4 Å². The number of aromatic carboxylic acids is 1. The summed E-state index contributed by atoms with van der Waals surface area (Å²) in [5, 5.41) is 18.4. The van der Waals surface area contributed by atoms with E-state index in [-0.39, 0.29) is 18.2 Å². The molecule has 7 nitrogen and oxygen atoms in total. The van der Waals surface area contributed by atoms with Crippen molar-refractivity contribution in [3.8, 4) is 0 Å². The summed E-state index contributed by atoms with van der Waals surface area (Å²) < 4.78 is 39.1. The van der Waals surface area contributed by atoms with E-state index in [1.807, 2.05) is 13.8 Å². The highest BCUT2D eigenvalue weighted by Crippen LogP contribution is 2.31. The van der Waals surface area contributed by atoms with E-state index < -0.39 is 29.7 Å². The fourth-order valence-corrected chi connectivity index (χ4v) is 2.35. The number of benzene rings is 1. The summed E-state index contributed by atoms with van der Waals surface area (Å²) in [6.45, 7) is 3.38. The maximum absolute atomic E-state index is 12.7. The van der Waals surface area contributed by atoms with Gasteiger partial charge in [0.15, 0.2) is 5.69 Å². The van der Waals surface area contributed by atoms with Gasteiger partial charge in [-0.1, -0.05) is 31.2 Å². The van der Waals surface area contributed by atoms with Gasteiger partial charge in [0.2, 0.25) is 5.91 Å². The quantitative estimate of drug-likeness (QED) is 0.814. The maximum atomic E-state index is 12.7. The molecular formula is C16H17F3N4O3. The SMILES string of the molecule is CC(C)C(NC(=O)Cn1cc(C(=O)O)nn1)c1ccc(C(F)(F)F)cc1. The molecule has 0 saturated carbocycles. The molecule has 0 spiro atoms. The molecule has 0 aliphatic rings. The van der Waals surface area contributed by atoms with Crippen LogP contribution in [0.1, 0.15) is 41.5 Å². The molecule has 1 heterocycles. The molecule has 10 heteroatoms. The van der Waals surface area contributed by atoms with Crippen LogP contribution in [-0.2, 0) is 17.5 Å². The Bertz CT molecular complexity index is 785. The second-order valence-corrected chi connectivity index (χ2v) is 6.02. The van der Waals surface area contributed by atoms with Crippen LogP contribution in [0.2, 0.25) is 0 Å². The molecule has 1 aromatic heterocycles. The molecule has 0 bridgehead atoms. The summed E-state index contributed by atoms with van der Waals surface area (Å²) >= 11 is 0. The predicted molar refractivity (Wildman–Crippen MR) is 84.1 cm³/mol. The van der Waals surface area contributed by atoms with Crippen molar-refractivity contribution in [2.75, 3.05) is 0 Å². The number of hydrogen-bond donors (Lipinski definition) is 2. The number of carbonyl (C=O) groups excluding carboxylic acids is 1. The van der Waals surface area contributed by atoms with E-state index >= 15 is 0 Å². The summed E-state index contributed by atoms with van der Waals surface area (Å²) in [5.74, 6) is -1.81. The van der Waals surface area contributed by atoms with Gasteiger partial charge >= 0.3 is 12.1 Å². The average Bonchev–Trinajstić information content (AvgIpc) is 3.00. The molecule has 26 heavy (non-hydrogen) atoms. The van der Waals surface area contributed by atoms with Crippen molar-refractivity contribution in [3.05, 3.63) is 47.3 Å². The highest BCUT2D eigenvalue weighted by molar-refractivity contribution is 5.84. The van der Waals surface area contributed by atoms with Crippen molar-refractivity contribution in [1.29, 1.82) is 0 Å². The molecule has 0 radical (unpaired) electrons. The van der Waals surface area contributed by atoms with Crippen molar-refractivity contribution in [1.82, 2.24) is 20.3 Å². The molecular weight excluding hydrogens is 353 g/mol. The second kappa shape index (κ2) is 7.54. The molecule has 0 aliphatic heterocycles. The molecule has 1 unspecified atom stereocenters. The van der Waals surface area contributed by atoms with Crippen LogP contribution >= 0.6 is 0 Å². The molecule has 0 aliphatic carbocycles. The van der Waals surface area contributed by atoms with Gasteiger partial charge in [-0.25, -0.2) is 9.48 Å². The van der Waals surface area contributed by atoms with Gasteiger partial charge in [0, 0.05) is 0 Å². The lowest BCUT2D eigenvalue weighted by atomic mass is 9.95. The lowest BCUT2D eigenvalue weighted by Crippen LogP contribution is -2.34. The standard InChI is InChI=1S/C16H17F3N4O3/c1-9(2)14(10-3-5-11(6-4-10)16(17,18)19)20-13(24)8-23-7-12(15(25)26)21-22-23/h3-7,9,14H,8H2,1-2H3,(H,20,24)(H,25,26). The minimum Gasteiger partial charge on any atom is -0.476 e. The zero-order valence-electron chi connectivity index (χ0n) is 14.0. The smallest absolute Gasteiger partial charge is 0.416 e. The number of alkyl halides is 3. The second-order valence-electron chi connectivity index (χ2n) is 6.02. The maximum Gasteiger partial charge on any atom is 0.416 e. The molecule has 0 fully saturated rings. The van der Waals surface area contributed by atoms with Gasteiger partial charge in [-0.15, -0.1) is 5.10 Å². The van der Waals surface area contributed by atoms with Gasteiger partial charge in [-0.2, -0.15) is 13.2 Å². The van der Waals surface area contributed by atoms with Crippen LogP contribution in [0.3, 0.4) is 0 Å². The van der Waals surface area contributed by atoms with E-state index in [1.165, 1.54) is 12.1 Å². The molecule has 140 valence electrons. The van der Waals surface area contributed by atoms with E-state index in [9.17, 15) is 22.8 Å². The Labute approximate surface area is 146 Å². The van der Waals surface area contributed by atoms with Crippen LogP contribution in [0.15, 0.2) is 30.5 Å². The van der Waals surface area contributed by atoms with Crippen LogP contribution in [0.25, 0.3) is 0 Å². The molecule has 1 aromatic carbocycles. The Morgan fingerprint density at radius 3 is 2.31 bits per heavy atom. The zero-order valence-corrected chi connectivity index (χ0v) is 14.0. The number of nitrogens with one attached hydrogen (secondary N) is 1. The fraction of sp³-hybridized carbons (Fsp3) is 0.375. The van der Waals surface area contributed by atoms with Crippen LogP contribution < -0.4 is 5.32 Å². The molecule has 2 rings (SSSR count). The summed E-state index contributed by atoms with van der Waals surface area (Å²) in [5.41, 5.74) is -0.522. The van der Waals surface area contributed by atoms with Gasteiger partial charge in [0.1, 0.15) is 6.54 Å². The number of hydrogen-bond acceptors (Lipinski definition) is 4. The first-order valence-electron chi connectivity index (χ1n) is 7.68. The topological polar surface area (TPSA) is 97.1 Å². The first-order chi connectivity index (χ1) is 12.1. The normalized spacial score (nSPS) is 12.8. The molecule has 1 atom stereocenters. The van der Waals surface area contributed by atoms with E-state index in [0.29, 0.717) is 5.56 Å². The Balaban J connectivity index is 2.09. The van der Waals surface area contributed by atoms with Crippen molar-refractivity contribution in [2.45, 2.75) is 32.6 Å². The summed E-state index contributed by atoms with van der Waals surface area (Å²) in [7, 11) is 0. The fourth-order valence-electron chi connectivity index (χ4n) is 2.35. The lowest BCUT2D eigenvalue weighted by molar-refractivity contribution is -0.137. The number of carbonyl (C=O) groups is 2. The molecule has 2 N–H and O–H groups in total. The van der Waals surface area contributed by atoms with E-state index in [4.69, 9.17) is 5.11 Å². The third-order valence-electron chi connectivity index (χ3n) is 3.64. The van der Waals surface area contributed by atoms with Gasteiger partial charge in [0.05, 0.1) is 17.8 Å². The highest BCUT2D eigenvalue weighted by Gasteiger charge is 2.30. The minimum absolute atomic E-state index is 0.0824. The monoisotopic (exact) mass is 370 g/mol. The molecule has 1 amide bonds. The number of nitrogens with zero attached hydrogens (tertiary/aromatic N) is 3. The molecule has 0 saturated heterocycles. The number of carboxylic acid groups (broad SMARTS) is 1. The molecule has 2 aromatic rings. The van der Waals surface area contributed by atoms with Crippen LogP contribution in [0.5, 0.6) is 0 Å². The summed E-state index contributed by atoms with van der Waals surface area (Å²) in [4.78, 5) is 22.9. The largest absolute Gasteiger partial charge is 0.476 e. The summed E-state index contributed by atoms with van der Waals surface area (Å²) in [6, 6.07) is 4.07.